The van der Waals surface area contributed by atoms with Gasteiger partial charge in [0.2, 0.25) is 0 Å². The molecule has 1 aromatic carbocycles. The summed E-state index contributed by atoms with van der Waals surface area (Å²) < 4.78 is 4.82. The molecule has 1 rings (SSSR count). The minimum atomic E-state index is -0.390. The van der Waals surface area contributed by atoms with Gasteiger partial charge in [-0.05, 0) is 5.56 Å². The van der Waals surface area contributed by atoms with Gasteiger partial charge in [0, 0.05) is 35.6 Å². The largest absolute Gasteiger partial charge is 0.458 e. The first-order valence-corrected chi connectivity index (χ1v) is 3.66. The number of hydrogen-bond donors (Lipinski definition) is 0. The van der Waals surface area contributed by atoms with Gasteiger partial charge in [0.15, 0.2) is 0 Å². The number of esters is 1. The molecule has 1 aromatic rings. The molecular weight excluding hydrogens is 175 g/mol. The fourth-order valence-electron chi connectivity index (χ4n) is 0.788. The van der Waals surface area contributed by atoms with Crippen molar-refractivity contribution in [2.45, 2.75) is 6.61 Å². The smallest absolute Gasteiger partial charge is 0.330 e. The van der Waals surface area contributed by atoms with Crippen molar-refractivity contribution in [3.05, 3.63) is 48.6 Å². The van der Waals surface area contributed by atoms with E-state index in [0.29, 0.717) is 6.61 Å². The summed E-state index contributed by atoms with van der Waals surface area (Å²) in [7, 11) is 0. The fraction of sp³-hybridized carbons (Fsp3) is 0.100. The molecule has 0 atom stereocenters. The molecule has 0 heterocycles. The fourth-order valence-corrected chi connectivity index (χ4v) is 0.788. The van der Waals surface area contributed by atoms with Gasteiger partial charge in [-0.15, -0.1) is 0 Å². The maximum Gasteiger partial charge on any atom is 0.330 e. The van der Waals surface area contributed by atoms with E-state index in [2.05, 4.69) is 6.58 Å². The summed E-state index contributed by atoms with van der Waals surface area (Å²) in [5.41, 5.74) is 0.979. The molecule has 0 spiro atoms. The van der Waals surface area contributed by atoms with Crippen LogP contribution in [0.2, 0.25) is 0 Å². The number of ether oxygens (including phenoxy) is 1. The van der Waals surface area contributed by atoms with E-state index in [1.165, 1.54) is 0 Å². The summed E-state index contributed by atoms with van der Waals surface area (Å²) in [6, 6.07) is 9.51. The van der Waals surface area contributed by atoms with Crippen LogP contribution in [0.25, 0.3) is 0 Å². The molecule has 63 valence electrons. The van der Waals surface area contributed by atoms with Gasteiger partial charge in [-0.25, -0.2) is 4.79 Å². The third-order valence-corrected chi connectivity index (χ3v) is 1.39. The van der Waals surface area contributed by atoms with Crippen LogP contribution < -0.4 is 0 Å². The van der Waals surface area contributed by atoms with E-state index < -0.39 is 0 Å². The van der Waals surface area contributed by atoms with Gasteiger partial charge in [-0.1, -0.05) is 36.9 Å². The van der Waals surface area contributed by atoms with Crippen LogP contribution >= 0.6 is 0 Å². The second-order valence-corrected chi connectivity index (χ2v) is 2.30. The topological polar surface area (TPSA) is 26.3 Å². The molecule has 2 nitrogen and oxygen atoms in total. The Bertz CT molecular complexity index is 270. The van der Waals surface area contributed by atoms with Crippen molar-refractivity contribution in [3.8, 4) is 0 Å². The molecule has 0 aliphatic heterocycles. The van der Waals surface area contributed by atoms with Crippen LogP contribution in [0.1, 0.15) is 5.56 Å². The van der Waals surface area contributed by atoms with E-state index >= 15 is 0 Å². The number of carbonyl (C=O) groups excluding carboxylic acids is 1. The van der Waals surface area contributed by atoms with Gasteiger partial charge >= 0.3 is 5.97 Å². The first kappa shape index (κ1) is 12.4. The normalized spacial score (nSPS) is 8.31. The average Bonchev–Trinajstić information content (AvgIpc) is 2.16. The molecule has 0 N–H and O–H groups in total. The standard InChI is InChI=1S/C10H10O2.Na/c1-2-10(11)12-8-9-6-4-3-5-7-9;/h2-7H,1,8H2;. The van der Waals surface area contributed by atoms with Gasteiger partial charge in [0.05, 0.1) is 0 Å². The zero-order chi connectivity index (χ0) is 8.81. The predicted octanol–water partition coefficient (Wildman–Crippen LogP) is 1.53. The van der Waals surface area contributed by atoms with Crippen LogP contribution in [0.15, 0.2) is 43.0 Å². The quantitative estimate of drug-likeness (QED) is 0.405. The molecular formula is C10H10NaO2. The van der Waals surface area contributed by atoms with Gasteiger partial charge in [-0.3, -0.25) is 0 Å². The second-order valence-electron chi connectivity index (χ2n) is 2.30. The van der Waals surface area contributed by atoms with Gasteiger partial charge in [0.25, 0.3) is 0 Å². The van der Waals surface area contributed by atoms with Crippen molar-refractivity contribution in [1.29, 1.82) is 0 Å². The van der Waals surface area contributed by atoms with Gasteiger partial charge in [0.1, 0.15) is 6.61 Å². The van der Waals surface area contributed by atoms with Crippen LogP contribution in [-0.4, -0.2) is 35.5 Å². The first-order valence-electron chi connectivity index (χ1n) is 3.66. The van der Waals surface area contributed by atoms with E-state index in [0.717, 1.165) is 11.6 Å². The SMILES string of the molecule is C=CC(=O)OCc1ccccc1.[Na]. The van der Waals surface area contributed by atoms with Crippen molar-refractivity contribution < 1.29 is 9.53 Å². The summed E-state index contributed by atoms with van der Waals surface area (Å²) in [5, 5.41) is 0. The molecule has 0 unspecified atom stereocenters. The Labute approximate surface area is 99.9 Å². The van der Waals surface area contributed by atoms with E-state index in [1.807, 2.05) is 30.3 Å². The Hall–Kier alpha value is -0.570. The minimum Gasteiger partial charge on any atom is -0.458 e. The van der Waals surface area contributed by atoms with Crippen molar-refractivity contribution in [2.24, 2.45) is 0 Å². The molecule has 0 aromatic heterocycles. The summed E-state index contributed by atoms with van der Waals surface area (Å²) in [5.74, 6) is -0.390. The van der Waals surface area contributed by atoms with E-state index in [4.69, 9.17) is 4.74 Å². The molecule has 0 bridgehead atoms. The summed E-state index contributed by atoms with van der Waals surface area (Å²) >= 11 is 0. The molecule has 0 aliphatic carbocycles. The third-order valence-electron chi connectivity index (χ3n) is 1.39. The molecule has 0 fully saturated rings. The van der Waals surface area contributed by atoms with Crippen LogP contribution in [0.5, 0.6) is 0 Å². The third kappa shape index (κ3) is 4.88. The van der Waals surface area contributed by atoms with Gasteiger partial charge < -0.3 is 4.74 Å². The number of carbonyl (C=O) groups is 1. The van der Waals surface area contributed by atoms with Crippen molar-refractivity contribution in [1.82, 2.24) is 0 Å². The van der Waals surface area contributed by atoms with Crippen molar-refractivity contribution in [3.63, 3.8) is 0 Å². The Balaban J connectivity index is 0.00000144. The Morgan fingerprint density at radius 1 is 1.38 bits per heavy atom. The summed E-state index contributed by atoms with van der Waals surface area (Å²) in [6.45, 7) is 3.61. The molecule has 3 heteroatoms. The average molecular weight is 185 g/mol. The first-order chi connectivity index (χ1) is 5.83. The predicted molar refractivity (Wildman–Crippen MR) is 52.2 cm³/mol. The van der Waals surface area contributed by atoms with Crippen LogP contribution in [0, 0.1) is 0 Å². The molecule has 0 amide bonds. The molecule has 0 aliphatic rings. The summed E-state index contributed by atoms with van der Waals surface area (Å²) in [6.07, 6.45) is 1.16. The van der Waals surface area contributed by atoms with Crippen LogP contribution in [0.4, 0.5) is 0 Å². The van der Waals surface area contributed by atoms with Crippen LogP contribution in [0.3, 0.4) is 0 Å². The Morgan fingerprint density at radius 2 is 2.00 bits per heavy atom. The van der Waals surface area contributed by atoms with Gasteiger partial charge in [-0.2, -0.15) is 0 Å². The molecule has 0 saturated carbocycles. The number of hydrogen-bond acceptors (Lipinski definition) is 2. The minimum absolute atomic E-state index is 0. The monoisotopic (exact) mass is 185 g/mol. The van der Waals surface area contributed by atoms with E-state index in [9.17, 15) is 4.79 Å². The zero-order valence-corrected chi connectivity index (χ0v) is 9.69. The molecule has 0 saturated heterocycles. The maximum atomic E-state index is 10.6. The Morgan fingerprint density at radius 3 is 2.54 bits per heavy atom. The van der Waals surface area contributed by atoms with E-state index in [1.54, 1.807) is 0 Å². The molecule has 1 radical (unpaired) electrons. The van der Waals surface area contributed by atoms with Crippen molar-refractivity contribution in [2.75, 3.05) is 0 Å². The van der Waals surface area contributed by atoms with Crippen molar-refractivity contribution >= 4 is 35.5 Å². The number of benzene rings is 1. The van der Waals surface area contributed by atoms with E-state index in [-0.39, 0.29) is 35.5 Å². The molecule has 13 heavy (non-hydrogen) atoms. The maximum absolute atomic E-state index is 10.6. The van der Waals surface area contributed by atoms with Crippen LogP contribution in [-0.2, 0) is 16.1 Å². The number of rotatable bonds is 3. The zero-order valence-electron chi connectivity index (χ0n) is 7.69. The summed E-state index contributed by atoms with van der Waals surface area (Å²) in [4.78, 5) is 10.6. The Kier molecular flexibility index (Phi) is 6.59. The second kappa shape index (κ2) is 6.89.